The van der Waals surface area contributed by atoms with E-state index in [1.807, 2.05) is 31.2 Å². The van der Waals surface area contributed by atoms with Crippen LogP contribution in [0.25, 0.3) is 11.3 Å². The van der Waals surface area contributed by atoms with Crippen LogP contribution in [0, 0.1) is 6.92 Å². The Morgan fingerprint density at radius 1 is 1.20 bits per heavy atom. The number of carbonyl (C=O) groups excluding carboxylic acids is 1. The minimum atomic E-state index is -0.351. The molecule has 2 aromatic heterocycles. The molecule has 0 bridgehead atoms. The summed E-state index contributed by atoms with van der Waals surface area (Å²) in [5.41, 5.74) is 3.89. The summed E-state index contributed by atoms with van der Waals surface area (Å²) in [7, 11) is 0. The van der Waals surface area contributed by atoms with Gasteiger partial charge in [0.2, 0.25) is 5.95 Å². The molecule has 6 nitrogen and oxygen atoms in total. The summed E-state index contributed by atoms with van der Waals surface area (Å²) in [5.74, 6) is 0.0982. The molecule has 25 heavy (non-hydrogen) atoms. The number of anilines is 2. The number of rotatable bonds is 5. The lowest BCUT2D eigenvalue weighted by Gasteiger charge is -2.11. The molecule has 126 valence electrons. The van der Waals surface area contributed by atoms with E-state index >= 15 is 0 Å². The fraction of sp³-hybridized carbons (Fsp3) is 0.158. The number of esters is 1. The van der Waals surface area contributed by atoms with Crippen LogP contribution in [-0.2, 0) is 4.74 Å². The smallest absolute Gasteiger partial charge is 0.338 e. The average Bonchev–Trinajstić information content (AvgIpc) is 2.65. The molecule has 0 atom stereocenters. The molecule has 0 aliphatic carbocycles. The van der Waals surface area contributed by atoms with E-state index in [0.29, 0.717) is 18.1 Å². The summed E-state index contributed by atoms with van der Waals surface area (Å²) in [5, 5.41) is 3.17. The molecule has 1 N–H and O–H groups in total. The van der Waals surface area contributed by atoms with Crippen molar-refractivity contribution in [3.63, 3.8) is 0 Å². The first-order chi connectivity index (χ1) is 12.2. The standard InChI is InChI=1S/C19H18N4O2/c1-3-25-18(24)14-7-6-13(2)17(11-14)23-19-21-10-8-16(22-19)15-5-4-9-20-12-15/h4-12H,3H2,1-2H3,(H,21,22,23). The normalized spacial score (nSPS) is 10.3. The largest absolute Gasteiger partial charge is 0.462 e. The molecule has 3 aromatic rings. The Morgan fingerprint density at radius 2 is 2.08 bits per heavy atom. The molecular weight excluding hydrogens is 316 g/mol. The highest BCUT2D eigenvalue weighted by Gasteiger charge is 2.10. The monoisotopic (exact) mass is 334 g/mol. The molecule has 0 saturated carbocycles. The van der Waals surface area contributed by atoms with Crippen molar-refractivity contribution < 1.29 is 9.53 Å². The molecule has 0 amide bonds. The molecule has 0 saturated heterocycles. The molecule has 0 radical (unpaired) electrons. The zero-order valence-corrected chi connectivity index (χ0v) is 14.1. The predicted molar refractivity (Wildman–Crippen MR) is 95.7 cm³/mol. The van der Waals surface area contributed by atoms with Gasteiger partial charge in [0, 0.05) is 29.8 Å². The first-order valence-corrected chi connectivity index (χ1v) is 7.95. The van der Waals surface area contributed by atoms with Gasteiger partial charge in [0.15, 0.2) is 0 Å². The Morgan fingerprint density at radius 3 is 2.84 bits per heavy atom. The van der Waals surface area contributed by atoms with E-state index in [2.05, 4.69) is 20.3 Å². The molecular formula is C19H18N4O2. The summed E-state index contributed by atoms with van der Waals surface area (Å²) in [6.45, 7) is 4.07. The number of benzene rings is 1. The number of nitrogens with one attached hydrogen (secondary N) is 1. The van der Waals surface area contributed by atoms with Crippen LogP contribution < -0.4 is 5.32 Å². The minimum Gasteiger partial charge on any atom is -0.462 e. The fourth-order valence-electron chi connectivity index (χ4n) is 2.31. The highest BCUT2D eigenvalue weighted by Crippen LogP contribution is 2.22. The average molecular weight is 334 g/mol. The lowest BCUT2D eigenvalue weighted by Crippen LogP contribution is -2.06. The minimum absolute atomic E-state index is 0.339. The maximum atomic E-state index is 11.9. The number of pyridine rings is 1. The van der Waals surface area contributed by atoms with Crippen LogP contribution in [0.3, 0.4) is 0 Å². The summed E-state index contributed by atoms with van der Waals surface area (Å²) >= 11 is 0. The Balaban J connectivity index is 1.87. The molecule has 0 aliphatic heterocycles. The third-order valence-corrected chi connectivity index (χ3v) is 3.61. The van der Waals surface area contributed by atoms with Crippen molar-refractivity contribution in [2.45, 2.75) is 13.8 Å². The SMILES string of the molecule is CCOC(=O)c1ccc(C)c(Nc2nccc(-c3cccnc3)n2)c1. The number of hydrogen-bond donors (Lipinski definition) is 1. The third kappa shape index (κ3) is 3.98. The first-order valence-electron chi connectivity index (χ1n) is 7.95. The maximum absolute atomic E-state index is 11.9. The highest BCUT2D eigenvalue weighted by molar-refractivity contribution is 5.91. The van der Waals surface area contributed by atoms with Gasteiger partial charge in [-0.05, 0) is 49.7 Å². The molecule has 0 fully saturated rings. The van der Waals surface area contributed by atoms with Crippen LogP contribution in [0.1, 0.15) is 22.8 Å². The Hall–Kier alpha value is -3.28. The summed E-state index contributed by atoms with van der Waals surface area (Å²) < 4.78 is 5.05. The first kappa shape index (κ1) is 16.6. The van der Waals surface area contributed by atoms with E-state index < -0.39 is 0 Å². The van der Waals surface area contributed by atoms with Gasteiger partial charge in [-0.3, -0.25) is 4.98 Å². The number of hydrogen-bond acceptors (Lipinski definition) is 6. The van der Waals surface area contributed by atoms with E-state index in [4.69, 9.17) is 4.74 Å². The molecule has 3 rings (SSSR count). The van der Waals surface area contributed by atoms with Crippen LogP contribution in [0.4, 0.5) is 11.6 Å². The van der Waals surface area contributed by atoms with Gasteiger partial charge in [0.05, 0.1) is 17.9 Å². The highest BCUT2D eigenvalue weighted by atomic mass is 16.5. The topological polar surface area (TPSA) is 77.0 Å². The van der Waals surface area contributed by atoms with Crippen LogP contribution in [-0.4, -0.2) is 27.5 Å². The van der Waals surface area contributed by atoms with E-state index in [1.165, 1.54) is 0 Å². The number of aryl methyl sites for hydroxylation is 1. The second-order valence-electron chi connectivity index (χ2n) is 5.38. The molecule has 0 aliphatic rings. The quantitative estimate of drug-likeness (QED) is 0.716. The Bertz CT molecular complexity index is 882. The van der Waals surface area contributed by atoms with Crippen LogP contribution in [0.2, 0.25) is 0 Å². The maximum Gasteiger partial charge on any atom is 0.338 e. The lowest BCUT2D eigenvalue weighted by atomic mass is 10.1. The van der Waals surface area contributed by atoms with E-state index in [0.717, 1.165) is 22.5 Å². The van der Waals surface area contributed by atoms with Gasteiger partial charge in [0.1, 0.15) is 0 Å². The van der Waals surface area contributed by atoms with Gasteiger partial charge in [-0.1, -0.05) is 6.07 Å². The van der Waals surface area contributed by atoms with E-state index in [-0.39, 0.29) is 5.97 Å². The van der Waals surface area contributed by atoms with E-state index in [9.17, 15) is 4.79 Å². The Labute approximate surface area is 145 Å². The molecule has 6 heteroatoms. The van der Waals surface area contributed by atoms with Gasteiger partial charge < -0.3 is 10.1 Å². The van der Waals surface area contributed by atoms with Crippen LogP contribution in [0.5, 0.6) is 0 Å². The van der Waals surface area contributed by atoms with Crippen molar-refractivity contribution in [1.82, 2.24) is 15.0 Å². The predicted octanol–water partition coefficient (Wildman–Crippen LogP) is 3.77. The zero-order chi connectivity index (χ0) is 17.6. The van der Waals surface area contributed by atoms with Crippen molar-refractivity contribution in [2.24, 2.45) is 0 Å². The number of ether oxygens (including phenoxy) is 1. The molecule has 1 aromatic carbocycles. The second-order valence-corrected chi connectivity index (χ2v) is 5.38. The number of nitrogens with zero attached hydrogens (tertiary/aromatic N) is 3. The summed E-state index contributed by atoms with van der Waals surface area (Å²) in [6, 6.07) is 11.0. The molecule has 2 heterocycles. The van der Waals surface area contributed by atoms with E-state index in [1.54, 1.807) is 37.6 Å². The van der Waals surface area contributed by atoms with Gasteiger partial charge in [-0.2, -0.15) is 0 Å². The molecule has 0 unspecified atom stereocenters. The number of carbonyl (C=O) groups is 1. The van der Waals surface area contributed by atoms with Crippen LogP contribution >= 0.6 is 0 Å². The van der Waals surface area contributed by atoms with Crippen molar-refractivity contribution >= 4 is 17.6 Å². The van der Waals surface area contributed by atoms with Gasteiger partial charge in [0.25, 0.3) is 0 Å². The van der Waals surface area contributed by atoms with Crippen LogP contribution in [0.15, 0.2) is 55.0 Å². The zero-order valence-electron chi connectivity index (χ0n) is 14.1. The van der Waals surface area contributed by atoms with Crippen molar-refractivity contribution in [1.29, 1.82) is 0 Å². The van der Waals surface area contributed by atoms with Crippen molar-refractivity contribution in [3.05, 3.63) is 66.1 Å². The van der Waals surface area contributed by atoms with Gasteiger partial charge in [-0.15, -0.1) is 0 Å². The van der Waals surface area contributed by atoms with Crippen molar-refractivity contribution in [3.8, 4) is 11.3 Å². The summed E-state index contributed by atoms with van der Waals surface area (Å²) in [4.78, 5) is 24.8. The fourth-order valence-corrected chi connectivity index (χ4v) is 2.31. The third-order valence-electron chi connectivity index (χ3n) is 3.61. The second kappa shape index (κ2) is 7.53. The lowest BCUT2D eigenvalue weighted by molar-refractivity contribution is 0.0526. The van der Waals surface area contributed by atoms with Crippen molar-refractivity contribution in [2.75, 3.05) is 11.9 Å². The van der Waals surface area contributed by atoms with Gasteiger partial charge >= 0.3 is 5.97 Å². The summed E-state index contributed by atoms with van der Waals surface area (Å²) in [6.07, 6.45) is 5.15. The molecule has 0 spiro atoms. The Kier molecular flexibility index (Phi) is 4.99. The number of aromatic nitrogens is 3. The van der Waals surface area contributed by atoms with Gasteiger partial charge in [-0.25, -0.2) is 14.8 Å².